The first-order chi connectivity index (χ1) is 13.9. The lowest BCUT2D eigenvalue weighted by Crippen LogP contribution is -2.19. The third kappa shape index (κ3) is 3.02. The third-order valence-corrected chi connectivity index (χ3v) is 5.29. The summed E-state index contributed by atoms with van der Waals surface area (Å²) >= 11 is 0. The summed E-state index contributed by atoms with van der Waals surface area (Å²) < 4.78 is 3.49. The van der Waals surface area contributed by atoms with Gasteiger partial charge in [-0.3, -0.25) is 4.79 Å². The zero-order valence-corrected chi connectivity index (χ0v) is 16.5. The van der Waals surface area contributed by atoms with E-state index < -0.39 is 5.97 Å². The average molecular weight is 387 g/mol. The summed E-state index contributed by atoms with van der Waals surface area (Å²) in [4.78, 5) is 28.6. The van der Waals surface area contributed by atoms with E-state index in [1.165, 1.54) is 0 Å². The molecule has 6 heteroatoms. The molecule has 0 unspecified atom stereocenters. The molecule has 146 valence electrons. The van der Waals surface area contributed by atoms with Crippen LogP contribution in [0.15, 0.2) is 59.7 Å². The number of aryl methyl sites for hydroxylation is 2. The number of aromatic nitrogens is 3. The molecule has 29 heavy (non-hydrogen) atoms. The maximum absolute atomic E-state index is 12.5. The van der Waals surface area contributed by atoms with Crippen molar-refractivity contribution in [2.24, 2.45) is 7.05 Å². The molecule has 3 heterocycles. The van der Waals surface area contributed by atoms with Gasteiger partial charge >= 0.3 is 5.97 Å². The Morgan fingerprint density at radius 2 is 1.79 bits per heavy atom. The summed E-state index contributed by atoms with van der Waals surface area (Å²) in [7, 11) is 1.74. The van der Waals surface area contributed by atoms with E-state index in [2.05, 4.69) is 0 Å². The van der Waals surface area contributed by atoms with Crippen LogP contribution >= 0.6 is 0 Å². The molecule has 0 atom stereocenters. The van der Waals surface area contributed by atoms with Gasteiger partial charge in [0, 0.05) is 30.6 Å². The number of benzene rings is 1. The molecule has 0 bridgehead atoms. The Kier molecular flexibility index (Phi) is 4.54. The lowest BCUT2D eigenvalue weighted by atomic mass is 9.94. The molecule has 0 fully saturated rings. The molecule has 0 saturated heterocycles. The number of hydrogen-bond donors (Lipinski definition) is 1. The SMILES string of the molecule is CCc1c(-c2ccccc2-c2ccn(C)c(=O)c2C)nc2cc(C(=O)O)ccn12. The molecule has 0 amide bonds. The van der Waals surface area contributed by atoms with Crippen molar-refractivity contribution in [2.45, 2.75) is 20.3 Å². The Morgan fingerprint density at radius 3 is 2.48 bits per heavy atom. The largest absolute Gasteiger partial charge is 0.478 e. The van der Waals surface area contributed by atoms with Gasteiger partial charge in [-0.05, 0) is 42.7 Å². The van der Waals surface area contributed by atoms with Crippen molar-refractivity contribution in [3.8, 4) is 22.4 Å². The van der Waals surface area contributed by atoms with E-state index in [0.717, 1.165) is 34.5 Å². The van der Waals surface area contributed by atoms with Crippen molar-refractivity contribution in [3.63, 3.8) is 0 Å². The van der Waals surface area contributed by atoms with E-state index in [-0.39, 0.29) is 11.1 Å². The molecule has 0 aliphatic carbocycles. The number of carboxylic acids is 1. The highest BCUT2D eigenvalue weighted by Crippen LogP contribution is 2.35. The van der Waals surface area contributed by atoms with Crippen LogP contribution in [0, 0.1) is 6.92 Å². The van der Waals surface area contributed by atoms with Gasteiger partial charge in [-0.2, -0.15) is 0 Å². The lowest BCUT2D eigenvalue weighted by Gasteiger charge is -2.12. The summed E-state index contributed by atoms with van der Waals surface area (Å²) in [6, 6.07) is 13.0. The normalized spacial score (nSPS) is 11.1. The van der Waals surface area contributed by atoms with E-state index in [1.54, 1.807) is 36.1 Å². The summed E-state index contributed by atoms with van der Waals surface area (Å²) in [5.41, 5.74) is 5.94. The maximum Gasteiger partial charge on any atom is 0.335 e. The van der Waals surface area contributed by atoms with Crippen molar-refractivity contribution in [2.75, 3.05) is 0 Å². The molecule has 0 spiro atoms. The zero-order chi connectivity index (χ0) is 20.7. The highest BCUT2D eigenvalue weighted by molar-refractivity contribution is 5.89. The highest BCUT2D eigenvalue weighted by atomic mass is 16.4. The van der Waals surface area contributed by atoms with Gasteiger partial charge in [0.05, 0.1) is 17.0 Å². The molecule has 0 aliphatic heterocycles. The van der Waals surface area contributed by atoms with Gasteiger partial charge in [-0.1, -0.05) is 31.2 Å². The molecule has 1 aromatic carbocycles. The van der Waals surface area contributed by atoms with Crippen LogP contribution in [-0.2, 0) is 13.5 Å². The van der Waals surface area contributed by atoms with E-state index in [0.29, 0.717) is 11.2 Å². The topological polar surface area (TPSA) is 76.6 Å². The van der Waals surface area contributed by atoms with Crippen LogP contribution in [0.1, 0.15) is 28.5 Å². The number of carboxylic acid groups (broad SMARTS) is 1. The Balaban J connectivity index is 2.00. The van der Waals surface area contributed by atoms with E-state index in [1.807, 2.05) is 48.6 Å². The van der Waals surface area contributed by atoms with Crippen molar-refractivity contribution in [1.29, 1.82) is 0 Å². The van der Waals surface area contributed by atoms with E-state index in [9.17, 15) is 14.7 Å². The van der Waals surface area contributed by atoms with Gasteiger partial charge in [0.2, 0.25) is 0 Å². The standard InChI is InChI=1S/C23H21N3O3/c1-4-19-21(24-20-13-15(23(28)29)9-12-26(19)20)18-8-6-5-7-17(18)16-10-11-25(3)22(27)14(16)2/h5-13H,4H2,1-3H3,(H,28,29). The first-order valence-corrected chi connectivity index (χ1v) is 9.42. The van der Waals surface area contributed by atoms with Crippen molar-refractivity contribution in [3.05, 3.63) is 82.0 Å². The van der Waals surface area contributed by atoms with Gasteiger partial charge in [-0.25, -0.2) is 9.78 Å². The Bertz CT molecular complexity index is 1310. The number of aromatic carboxylic acids is 1. The number of hydrogen-bond acceptors (Lipinski definition) is 3. The van der Waals surface area contributed by atoms with Crippen LogP contribution in [0.5, 0.6) is 0 Å². The van der Waals surface area contributed by atoms with Crippen LogP contribution in [0.2, 0.25) is 0 Å². The predicted octanol–water partition coefficient (Wildman–Crippen LogP) is 3.94. The van der Waals surface area contributed by atoms with Crippen LogP contribution in [-0.4, -0.2) is 25.0 Å². The molecule has 1 N–H and O–H groups in total. The molecule has 4 aromatic rings. The molecule has 3 aromatic heterocycles. The summed E-state index contributed by atoms with van der Waals surface area (Å²) in [5, 5.41) is 9.30. The average Bonchev–Trinajstić information content (AvgIpc) is 3.09. The van der Waals surface area contributed by atoms with Crippen molar-refractivity contribution < 1.29 is 9.90 Å². The number of imidazole rings is 1. The second-order valence-electron chi connectivity index (χ2n) is 7.03. The third-order valence-electron chi connectivity index (χ3n) is 5.29. The first-order valence-electron chi connectivity index (χ1n) is 9.42. The summed E-state index contributed by atoms with van der Waals surface area (Å²) in [6.07, 6.45) is 4.25. The number of carbonyl (C=O) groups is 1. The molecular weight excluding hydrogens is 366 g/mol. The number of rotatable bonds is 4. The monoisotopic (exact) mass is 387 g/mol. The van der Waals surface area contributed by atoms with Gasteiger partial charge in [0.25, 0.3) is 5.56 Å². The Labute approximate surface area is 167 Å². The summed E-state index contributed by atoms with van der Waals surface area (Å²) in [6.45, 7) is 3.88. The van der Waals surface area contributed by atoms with Gasteiger partial charge in [0.1, 0.15) is 5.65 Å². The van der Waals surface area contributed by atoms with E-state index >= 15 is 0 Å². The number of pyridine rings is 2. The smallest absolute Gasteiger partial charge is 0.335 e. The van der Waals surface area contributed by atoms with Crippen molar-refractivity contribution >= 4 is 11.6 Å². The van der Waals surface area contributed by atoms with Gasteiger partial charge in [-0.15, -0.1) is 0 Å². The first kappa shape index (κ1) is 18.7. The Morgan fingerprint density at radius 1 is 1.07 bits per heavy atom. The summed E-state index contributed by atoms with van der Waals surface area (Å²) in [5.74, 6) is -0.980. The number of fused-ring (bicyclic) bond motifs is 1. The quantitative estimate of drug-likeness (QED) is 0.575. The fraction of sp³-hybridized carbons (Fsp3) is 0.174. The predicted molar refractivity (Wildman–Crippen MR) is 112 cm³/mol. The lowest BCUT2D eigenvalue weighted by molar-refractivity contribution is 0.0697. The maximum atomic E-state index is 12.5. The minimum Gasteiger partial charge on any atom is -0.478 e. The second kappa shape index (κ2) is 7.05. The van der Waals surface area contributed by atoms with Crippen LogP contribution in [0.4, 0.5) is 0 Å². The highest BCUT2D eigenvalue weighted by Gasteiger charge is 2.18. The van der Waals surface area contributed by atoms with E-state index in [4.69, 9.17) is 4.98 Å². The second-order valence-corrected chi connectivity index (χ2v) is 7.03. The van der Waals surface area contributed by atoms with Crippen LogP contribution in [0.3, 0.4) is 0 Å². The van der Waals surface area contributed by atoms with Crippen LogP contribution in [0.25, 0.3) is 28.0 Å². The van der Waals surface area contributed by atoms with Crippen LogP contribution < -0.4 is 5.56 Å². The fourth-order valence-electron chi connectivity index (χ4n) is 3.76. The molecule has 0 aliphatic rings. The minimum atomic E-state index is -0.980. The molecule has 4 rings (SSSR count). The zero-order valence-electron chi connectivity index (χ0n) is 16.5. The fourth-order valence-corrected chi connectivity index (χ4v) is 3.76. The molecule has 0 radical (unpaired) electrons. The molecular formula is C23H21N3O3. The van der Waals surface area contributed by atoms with Gasteiger partial charge < -0.3 is 14.1 Å². The Hall–Kier alpha value is -3.67. The van der Waals surface area contributed by atoms with Gasteiger partial charge in [0.15, 0.2) is 0 Å². The minimum absolute atomic E-state index is 0.0332. The number of nitrogens with zero attached hydrogens (tertiary/aromatic N) is 3. The van der Waals surface area contributed by atoms with Crippen molar-refractivity contribution in [1.82, 2.24) is 14.0 Å². The molecule has 0 saturated carbocycles. The molecule has 6 nitrogen and oxygen atoms in total.